The maximum Gasteiger partial charge on any atom is 0.416 e. The quantitative estimate of drug-likeness (QED) is 0.742. The van der Waals surface area contributed by atoms with Crippen molar-refractivity contribution < 1.29 is 18.0 Å². The van der Waals surface area contributed by atoms with Crippen molar-refractivity contribution in [2.75, 3.05) is 6.54 Å². The van der Waals surface area contributed by atoms with Crippen molar-refractivity contribution in [3.05, 3.63) is 65.5 Å². The molecule has 3 rings (SSSR count). The molecule has 7 heteroatoms. The second-order valence-corrected chi connectivity index (χ2v) is 5.68. The molecule has 0 aliphatic rings. The molecule has 0 atom stereocenters. The van der Waals surface area contributed by atoms with Gasteiger partial charge in [-0.05, 0) is 23.8 Å². The molecule has 0 bridgehead atoms. The minimum absolute atomic E-state index is 0.0932. The Morgan fingerprint density at radius 1 is 1.12 bits per heavy atom. The van der Waals surface area contributed by atoms with Crippen molar-refractivity contribution in [3.8, 4) is 0 Å². The number of benzene rings is 2. The normalized spacial score (nSPS) is 11.6. The molecule has 130 valence electrons. The standard InChI is InChI=1S/C18H16F3N3O/c19-18(20,21)13-5-3-4-12(10-13)11-17(25)22-9-8-16-23-14-6-1-2-7-15(14)24-16/h1-7,10H,8-9,11H2,(H,22,25)(H,23,24). The lowest BCUT2D eigenvalue weighted by Crippen LogP contribution is -2.27. The van der Waals surface area contributed by atoms with Crippen LogP contribution in [0.25, 0.3) is 11.0 Å². The molecule has 0 aliphatic carbocycles. The number of imidazole rings is 1. The Hall–Kier alpha value is -2.83. The van der Waals surface area contributed by atoms with Crippen LogP contribution in [-0.2, 0) is 23.8 Å². The summed E-state index contributed by atoms with van der Waals surface area (Å²) in [5.74, 6) is 0.427. The van der Waals surface area contributed by atoms with Crippen LogP contribution in [-0.4, -0.2) is 22.4 Å². The second kappa shape index (κ2) is 6.96. The number of hydrogen-bond donors (Lipinski definition) is 2. The molecule has 0 unspecified atom stereocenters. The fourth-order valence-corrected chi connectivity index (χ4v) is 2.55. The predicted molar refractivity (Wildman–Crippen MR) is 88.0 cm³/mol. The molecule has 2 aromatic carbocycles. The Labute approximate surface area is 142 Å². The maximum absolute atomic E-state index is 12.7. The van der Waals surface area contributed by atoms with E-state index in [0.29, 0.717) is 18.5 Å². The first-order chi connectivity index (χ1) is 11.9. The number of fused-ring (bicyclic) bond motifs is 1. The van der Waals surface area contributed by atoms with Crippen LogP contribution in [0.3, 0.4) is 0 Å². The highest BCUT2D eigenvalue weighted by molar-refractivity contribution is 5.78. The minimum Gasteiger partial charge on any atom is -0.355 e. The van der Waals surface area contributed by atoms with E-state index >= 15 is 0 Å². The minimum atomic E-state index is -4.41. The zero-order valence-electron chi connectivity index (χ0n) is 13.2. The largest absolute Gasteiger partial charge is 0.416 e. The van der Waals surface area contributed by atoms with Gasteiger partial charge in [0.25, 0.3) is 0 Å². The summed E-state index contributed by atoms with van der Waals surface area (Å²) in [5.41, 5.74) is 1.36. The molecule has 0 aliphatic heterocycles. The topological polar surface area (TPSA) is 57.8 Å². The summed E-state index contributed by atoms with van der Waals surface area (Å²) in [6.45, 7) is 0.359. The van der Waals surface area contributed by atoms with Gasteiger partial charge in [0.05, 0.1) is 23.0 Å². The Morgan fingerprint density at radius 2 is 1.92 bits per heavy atom. The van der Waals surface area contributed by atoms with E-state index in [1.54, 1.807) is 0 Å². The monoisotopic (exact) mass is 347 g/mol. The fourth-order valence-electron chi connectivity index (χ4n) is 2.55. The number of H-pyrrole nitrogens is 1. The van der Waals surface area contributed by atoms with Crippen molar-refractivity contribution >= 4 is 16.9 Å². The number of nitrogens with zero attached hydrogens (tertiary/aromatic N) is 1. The van der Waals surface area contributed by atoms with Gasteiger partial charge in [-0.1, -0.05) is 30.3 Å². The number of halogens is 3. The number of nitrogens with one attached hydrogen (secondary N) is 2. The number of aromatic amines is 1. The van der Waals surface area contributed by atoms with Gasteiger partial charge >= 0.3 is 6.18 Å². The van der Waals surface area contributed by atoms with Gasteiger partial charge in [-0.3, -0.25) is 4.79 Å². The Bertz CT molecular complexity index is 853. The van der Waals surface area contributed by atoms with Crippen LogP contribution in [0.15, 0.2) is 48.5 Å². The summed E-state index contributed by atoms with van der Waals surface area (Å²) in [6, 6.07) is 12.4. The van der Waals surface area contributed by atoms with Crippen molar-refractivity contribution in [3.63, 3.8) is 0 Å². The van der Waals surface area contributed by atoms with Gasteiger partial charge in [0.2, 0.25) is 5.91 Å². The van der Waals surface area contributed by atoms with Gasteiger partial charge in [-0.15, -0.1) is 0 Å². The van der Waals surface area contributed by atoms with Gasteiger partial charge in [-0.25, -0.2) is 4.98 Å². The molecule has 4 nitrogen and oxygen atoms in total. The van der Waals surface area contributed by atoms with Crippen LogP contribution in [0, 0.1) is 0 Å². The third kappa shape index (κ3) is 4.37. The molecule has 0 fully saturated rings. The maximum atomic E-state index is 12.7. The van der Waals surface area contributed by atoms with Crippen LogP contribution in [0.5, 0.6) is 0 Å². The number of hydrogen-bond acceptors (Lipinski definition) is 2. The second-order valence-electron chi connectivity index (χ2n) is 5.68. The van der Waals surface area contributed by atoms with E-state index in [1.165, 1.54) is 12.1 Å². The fraction of sp³-hybridized carbons (Fsp3) is 0.222. The molecule has 25 heavy (non-hydrogen) atoms. The molecule has 0 saturated carbocycles. The smallest absolute Gasteiger partial charge is 0.355 e. The SMILES string of the molecule is O=C(Cc1cccc(C(F)(F)F)c1)NCCc1nc2ccccc2[nH]1. The molecule has 1 aromatic heterocycles. The Kier molecular flexibility index (Phi) is 4.74. The van der Waals surface area contributed by atoms with Gasteiger partial charge in [-0.2, -0.15) is 13.2 Å². The van der Waals surface area contributed by atoms with E-state index in [4.69, 9.17) is 0 Å². The summed E-state index contributed by atoms with van der Waals surface area (Å²) in [4.78, 5) is 19.5. The van der Waals surface area contributed by atoms with Crippen LogP contribution in [0.2, 0.25) is 0 Å². The molecular formula is C18H16F3N3O. The van der Waals surface area contributed by atoms with Crippen molar-refractivity contribution in [1.82, 2.24) is 15.3 Å². The summed E-state index contributed by atoms with van der Waals surface area (Å²) in [7, 11) is 0. The van der Waals surface area contributed by atoms with Gasteiger partial charge in [0.1, 0.15) is 5.82 Å². The molecule has 1 heterocycles. The molecular weight excluding hydrogens is 331 g/mol. The zero-order chi connectivity index (χ0) is 17.9. The first-order valence-electron chi connectivity index (χ1n) is 7.78. The van der Waals surface area contributed by atoms with Crippen LogP contribution < -0.4 is 5.32 Å². The van der Waals surface area contributed by atoms with E-state index in [1.807, 2.05) is 24.3 Å². The van der Waals surface area contributed by atoms with Gasteiger partial charge in [0.15, 0.2) is 0 Å². The van der Waals surface area contributed by atoms with E-state index in [9.17, 15) is 18.0 Å². The van der Waals surface area contributed by atoms with E-state index in [2.05, 4.69) is 15.3 Å². The Balaban J connectivity index is 1.53. The molecule has 2 N–H and O–H groups in total. The van der Waals surface area contributed by atoms with Crippen LogP contribution in [0.4, 0.5) is 13.2 Å². The number of amides is 1. The van der Waals surface area contributed by atoms with Gasteiger partial charge in [0, 0.05) is 13.0 Å². The predicted octanol–water partition coefficient (Wildman–Crippen LogP) is 3.48. The number of carbonyl (C=O) groups is 1. The van der Waals surface area contributed by atoms with Crippen LogP contribution in [0.1, 0.15) is 17.0 Å². The zero-order valence-corrected chi connectivity index (χ0v) is 13.2. The molecule has 0 radical (unpaired) electrons. The van der Waals surface area contributed by atoms with Crippen molar-refractivity contribution in [2.24, 2.45) is 0 Å². The number of rotatable bonds is 5. The molecule has 3 aromatic rings. The van der Waals surface area contributed by atoms with Crippen molar-refractivity contribution in [2.45, 2.75) is 19.0 Å². The highest BCUT2D eigenvalue weighted by Crippen LogP contribution is 2.29. The first kappa shape index (κ1) is 17.0. The average molecular weight is 347 g/mol. The van der Waals surface area contributed by atoms with Crippen LogP contribution >= 0.6 is 0 Å². The van der Waals surface area contributed by atoms with E-state index in [0.717, 1.165) is 29.0 Å². The van der Waals surface area contributed by atoms with Gasteiger partial charge < -0.3 is 10.3 Å². The van der Waals surface area contributed by atoms with E-state index < -0.39 is 11.7 Å². The summed E-state index contributed by atoms with van der Waals surface area (Å²) in [6.07, 6.45) is -3.99. The lowest BCUT2D eigenvalue weighted by atomic mass is 10.1. The Morgan fingerprint density at radius 3 is 2.68 bits per heavy atom. The number of alkyl halides is 3. The third-order valence-electron chi connectivity index (χ3n) is 3.74. The number of para-hydroxylation sites is 2. The molecule has 1 amide bonds. The summed E-state index contributed by atoms with van der Waals surface area (Å²) >= 11 is 0. The highest BCUT2D eigenvalue weighted by atomic mass is 19.4. The lowest BCUT2D eigenvalue weighted by Gasteiger charge is -2.09. The number of aromatic nitrogens is 2. The first-order valence-corrected chi connectivity index (χ1v) is 7.78. The third-order valence-corrected chi connectivity index (χ3v) is 3.74. The highest BCUT2D eigenvalue weighted by Gasteiger charge is 2.30. The van der Waals surface area contributed by atoms with E-state index in [-0.39, 0.29) is 12.3 Å². The average Bonchev–Trinajstić information content (AvgIpc) is 2.97. The number of carbonyl (C=O) groups excluding carboxylic acids is 1. The molecule has 0 spiro atoms. The lowest BCUT2D eigenvalue weighted by molar-refractivity contribution is -0.137. The summed E-state index contributed by atoms with van der Waals surface area (Å²) < 4.78 is 38.0. The summed E-state index contributed by atoms with van der Waals surface area (Å²) in [5, 5.41) is 2.70. The molecule has 0 saturated heterocycles. The van der Waals surface area contributed by atoms with Crippen molar-refractivity contribution in [1.29, 1.82) is 0 Å².